The molecule has 29 heavy (non-hydrogen) atoms. The van der Waals surface area contributed by atoms with Crippen LogP contribution in [-0.4, -0.2) is 42.9 Å². The molecule has 2 rings (SSSR count). The predicted molar refractivity (Wildman–Crippen MR) is 111 cm³/mol. The van der Waals surface area contributed by atoms with Gasteiger partial charge >= 0.3 is 0 Å². The number of carbonyl (C=O) groups excluding carboxylic acids is 3. The number of methoxy groups -OCH3 is 1. The van der Waals surface area contributed by atoms with E-state index in [1.165, 1.54) is 0 Å². The van der Waals surface area contributed by atoms with Crippen LogP contribution in [0.25, 0.3) is 0 Å². The number of furan rings is 1. The number of hydrogen-bond acceptors (Lipinski definition) is 6. The van der Waals surface area contributed by atoms with Crippen LogP contribution >= 0.6 is 11.8 Å². The molecule has 1 heterocycles. The molecule has 0 bridgehead atoms. The first-order valence-corrected chi connectivity index (χ1v) is 10.4. The minimum Gasteiger partial charge on any atom is -0.497 e. The van der Waals surface area contributed by atoms with Crippen LogP contribution in [0.2, 0.25) is 0 Å². The van der Waals surface area contributed by atoms with Gasteiger partial charge in [0.2, 0.25) is 0 Å². The summed E-state index contributed by atoms with van der Waals surface area (Å²) in [6.45, 7) is 3.40. The van der Waals surface area contributed by atoms with E-state index in [1.807, 2.05) is 6.26 Å². The van der Waals surface area contributed by atoms with Gasteiger partial charge in [0.15, 0.2) is 0 Å². The highest BCUT2D eigenvalue weighted by Crippen LogP contribution is 2.13. The van der Waals surface area contributed by atoms with E-state index < -0.39 is 17.9 Å². The second-order valence-electron chi connectivity index (χ2n) is 6.31. The monoisotopic (exact) mass is 419 g/mol. The van der Waals surface area contributed by atoms with Gasteiger partial charge < -0.3 is 14.5 Å². The lowest BCUT2D eigenvalue weighted by Crippen LogP contribution is -2.52. The van der Waals surface area contributed by atoms with Gasteiger partial charge in [-0.3, -0.25) is 25.2 Å². The lowest BCUT2D eigenvalue weighted by molar-refractivity contribution is -0.123. The molecule has 0 unspecified atom stereocenters. The normalized spacial score (nSPS) is 11.4. The molecular formula is C20H25N3O5S. The average molecular weight is 420 g/mol. The quantitative estimate of drug-likeness (QED) is 0.566. The first kappa shape index (κ1) is 22.4. The molecule has 0 spiro atoms. The molecule has 0 fully saturated rings. The van der Waals surface area contributed by atoms with Gasteiger partial charge in [0.05, 0.1) is 12.7 Å². The Labute approximate surface area is 173 Å². The minimum absolute atomic E-state index is 0.339. The molecule has 156 valence electrons. The molecular weight excluding hydrogens is 394 g/mol. The van der Waals surface area contributed by atoms with E-state index >= 15 is 0 Å². The number of aryl methyl sites for hydroxylation is 2. The third-order valence-corrected chi connectivity index (χ3v) is 4.81. The van der Waals surface area contributed by atoms with Crippen molar-refractivity contribution in [2.45, 2.75) is 26.3 Å². The van der Waals surface area contributed by atoms with Crippen molar-refractivity contribution >= 4 is 29.5 Å². The van der Waals surface area contributed by atoms with Gasteiger partial charge in [-0.25, -0.2) is 0 Å². The molecule has 3 amide bonds. The van der Waals surface area contributed by atoms with Gasteiger partial charge in [-0.1, -0.05) is 0 Å². The van der Waals surface area contributed by atoms with Crippen molar-refractivity contribution in [2.75, 3.05) is 19.1 Å². The number of nitrogens with one attached hydrogen (secondary N) is 3. The molecule has 0 aliphatic heterocycles. The Morgan fingerprint density at radius 2 is 1.79 bits per heavy atom. The molecule has 0 saturated carbocycles. The standard InChI is InChI=1S/C20H25N3O5S/c1-12-11-16(13(2)28-12)19(25)22-23-20(26)17(9-10-29-4)21-18(24)14-5-7-15(27-3)8-6-14/h5-8,11,17H,9-10H2,1-4H3,(H,21,24)(H,22,25)(H,23,26)/t17-/m0/s1. The fourth-order valence-corrected chi connectivity index (χ4v) is 3.09. The second kappa shape index (κ2) is 10.6. The molecule has 1 atom stereocenters. The number of carbonyl (C=O) groups is 3. The summed E-state index contributed by atoms with van der Waals surface area (Å²) in [6, 6.07) is 7.35. The molecule has 0 saturated heterocycles. The average Bonchev–Trinajstić information content (AvgIpc) is 3.06. The number of amides is 3. The summed E-state index contributed by atoms with van der Waals surface area (Å²) < 4.78 is 10.4. The van der Waals surface area contributed by atoms with Gasteiger partial charge in [-0.15, -0.1) is 0 Å². The van der Waals surface area contributed by atoms with Crippen molar-refractivity contribution in [1.29, 1.82) is 0 Å². The third-order valence-electron chi connectivity index (χ3n) is 4.17. The summed E-state index contributed by atoms with van der Waals surface area (Å²) in [6.07, 6.45) is 2.32. The Morgan fingerprint density at radius 3 is 2.34 bits per heavy atom. The van der Waals surface area contributed by atoms with Crippen LogP contribution in [0.4, 0.5) is 0 Å². The zero-order chi connectivity index (χ0) is 21.4. The molecule has 0 aliphatic carbocycles. The number of ether oxygens (including phenoxy) is 1. The third kappa shape index (κ3) is 6.28. The van der Waals surface area contributed by atoms with Crippen LogP contribution in [0.1, 0.15) is 38.7 Å². The van der Waals surface area contributed by atoms with E-state index in [0.29, 0.717) is 40.6 Å². The first-order chi connectivity index (χ1) is 13.8. The van der Waals surface area contributed by atoms with E-state index in [0.717, 1.165) is 0 Å². The van der Waals surface area contributed by atoms with Gasteiger partial charge in [0.1, 0.15) is 23.3 Å². The molecule has 2 aromatic rings. The van der Waals surface area contributed by atoms with Crippen LogP contribution in [0.3, 0.4) is 0 Å². The molecule has 0 radical (unpaired) electrons. The summed E-state index contributed by atoms with van der Waals surface area (Å²) in [5.41, 5.74) is 5.48. The highest BCUT2D eigenvalue weighted by Gasteiger charge is 2.22. The lowest BCUT2D eigenvalue weighted by atomic mass is 10.1. The van der Waals surface area contributed by atoms with Crippen molar-refractivity contribution in [2.24, 2.45) is 0 Å². The molecule has 0 aliphatic rings. The second-order valence-corrected chi connectivity index (χ2v) is 7.29. The molecule has 8 nitrogen and oxygen atoms in total. The SMILES string of the molecule is COc1ccc(C(=O)N[C@@H](CCSC)C(=O)NNC(=O)c2cc(C)oc2C)cc1. The maximum atomic E-state index is 12.5. The fourth-order valence-electron chi connectivity index (χ4n) is 2.62. The summed E-state index contributed by atoms with van der Waals surface area (Å²) in [7, 11) is 1.54. The van der Waals surface area contributed by atoms with Crippen molar-refractivity contribution < 1.29 is 23.5 Å². The van der Waals surface area contributed by atoms with E-state index in [9.17, 15) is 14.4 Å². The highest BCUT2D eigenvalue weighted by molar-refractivity contribution is 7.98. The Hall–Kier alpha value is -2.94. The van der Waals surface area contributed by atoms with Crippen LogP contribution in [0, 0.1) is 13.8 Å². The van der Waals surface area contributed by atoms with Crippen molar-refractivity contribution in [3.8, 4) is 5.75 Å². The molecule has 3 N–H and O–H groups in total. The summed E-state index contributed by atoms with van der Waals surface area (Å²) in [5, 5.41) is 2.71. The molecule has 1 aromatic carbocycles. The van der Waals surface area contributed by atoms with E-state index in [4.69, 9.17) is 9.15 Å². The Kier molecular flexibility index (Phi) is 8.14. The smallest absolute Gasteiger partial charge is 0.273 e. The van der Waals surface area contributed by atoms with Crippen molar-refractivity contribution in [3.05, 3.63) is 53.0 Å². The zero-order valence-corrected chi connectivity index (χ0v) is 17.6. The van der Waals surface area contributed by atoms with Crippen LogP contribution in [0.5, 0.6) is 5.75 Å². The zero-order valence-electron chi connectivity index (χ0n) is 16.8. The summed E-state index contributed by atoms with van der Waals surface area (Å²) in [5.74, 6) is 0.969. The first-order valence-electron chi connectivity index (χ1n) is 8.96. The molecule has 1 aromatic heterocycles. The van der Waals surface area contributed by atoms with Gasteiger partial charge in [-0.2, -0.15) is 11.8 Å². The summed E-state index contributed by atoms with van der Waals surface area (Å²) >= 11 is 1.55. The van der Waals surface area contributed by atoms with Crippen molar-refractivity contribution in [1.82, 2.24) is 16.2 Å². The maximum absolute atomic E-state index is 12.5. The summed E-state index contributed by atoms with van der Waals surface area (Å²) in [4.78, 5) is 37.3. The number of hydrazine groups is 1. The fraction of sp³-hybridized carbons (Fsp3) is 0.350. The van der Waals surface area contributed by atoms with Gasteiger partial charge in [-0.05, 0) is 62.6 Å². The van der Waals surface area contributed by atoms with Crippen molar-refractivity contribution in [3.63, 3.8) is 0 Å². The predicted octanol–water partition coefficient (Wildman–Crippen LogP) is 2.22. The minimum atomic E-state index is -0.801. The number of thioether (sulfide) groups is 1. The Bertz CT molecular complexity index is 864. The largest absolute Gasteiger partial charge is 0.497 e. The Morgan fingerprint density at radius 1 is 1.10 bits per heavy atom. The topological polar surface area (TPSA) is 110 Å². The lowest BCUT2D eigenvalue weighted by Gasteiger charge is -2.18. The number of benzene rings is 1. The number of rotatable bonds is 8. The van der Waals surface area contributed by atoms with Gasteiger partial charge in [0.25, 0.3) is 17.7 Å². The van der Waals surface area contributed by atoms with Gasteiger partial charge in [0, 0.05) is 5.56 Å². The molecule has 9 heteroatoms. The Balaban J connectivity index is 1.99. The van der Waals surface area contributed by atoms with E-state index in [-0.39, 0.29) is 5.91 Å². The van der Waals surface area contributed by atoms with E-state index in [1.54, 1.807) is 63.1 Å². The van der Waals surface area contributed by atoms with Crippen LogP contribution < -0.4 is 20.9 Å². The number of hydrogen-bond donors (Lipinski definition) is 3. The van der Waals surface area contributed by atoms with E-state index in [2.05, 4.69) is 16.2 Å². The highest BCUT2D eigenvalue weighted by atomic mass is 32.2. The van der Waals surface area contributed by atoms with Crippen LogP contribution in [0.15, 0.2) is 34.7 Å². The maximum Gasteiger partial charge on any atom is 0.273 e. The van der Waals surface area contributed by atoms with Crippen LogP contribution in [-0.2, 0) is 4.79 Å².